The molecule has 0 spiro atoms. The summed E-state index contributed by atoms with van der Waals surface area (Å²) in [5.74, 6) is -1.15. The molecule has 0 unspecified atom stereocenters. The van der Waals surface area contributed by atoms with Gasteiger partial charge in [-0.2, -0.15) is 5.10 Å². The summed E-state index contributed by atoms with van der Waals surface area (Å²) >= 11 is 0. The molecule has 0 aliphatic carbocycles. The first kappa shape index (κ1) is 18.4. The van der Waals surface area contributed by atoms with Gasteiger partial charge in [0, 0.05) is 11.6 Å². The molecular formula is C18H21N3O4. The summed E-state index contributed by atoms with van der Waals surface area (Å²) in [6, 6.07) is 11.5. The number of nitrogens with zero attached hydrogens (tertiary/aromatic N) is 2. The van der Waals surface area contributed by atoms with E-state index in [1.165, 1.54) is 13.2 Å². The van der Waals surface area contributed by atoms with Crippen molar-refractivity contribution in [2.45, 2.75) is 26.4 Å². The molecule has 0 bridgehead atoms. The molecule has 1 aromatic heterocycles. The summed E-state index contributed by atoms with van der Waals surface area (Å²) in [7, 11) is 1.26. The average molecular weight is 343 g/mol. The Morgan fingerprint density at radius 2 is 1.84 bits per heavy atom. The van der Waals surface area contributed by atoms with Gasteiger partial charge in [-0.25, -0.2) is 9.48 Å². The van der Waals surface area contributed by atoms with Gasteiger partial charge in [0.05, 0.1) is 12.8 Å². The minimum atomic E-state index is -0.773. The van der Waals surface area contributed by atoms with Crippen molar-refractivity contribution >= 4 is 11.9 Å². The molecule has 1 atom stereocenters. The number of hydrogen-bond acceptors (Lipinski definition) is 5. The lowest BCUT2D eigenvalue weighted by Gasteiger charge is -2.19. The topological polar surface area (TPSA) is 90.3 Å². The molecule has 1 aromatic carbocycles. The van der Waals surface area contributed by atoms with E-state index in [0.717, 1.165) is 10.2 Å². The first-order valence-electron chi connectivity index (χ1n) is 7.93. The zero-order chi connectivity index (χ0) is 18.4. The first-order valence-corrected chi connectivity index (χ1v) is 7.93. The van der Waals surface area contributed by atoms with Crippen molar-refractivity contribution in [1.82, 2.24) is 15.1 Å². The van der Waals surface area contributed by atoms with E-state index in [1.807, 2.05) is 30.3 Å². The van der Waals surface area contributed by atoms with E-state index in [9.17, 15) is 14.4 Å². The molecule has 25 heavy (non-hydrogen) atoms. The van der Waals surface area contributed by atoms with Crippen LogP contribution >= 0.6 is 0 Å². The summed E-state index contributed by atoms with van der Waals surface area (Å²) in [6.07, 6.45) is 0. The van der Waals surface area contributed by atoms with Crippen molar-refractivity contribution in [2.75, 3.05) is 7.11 Å². The third-order valence-corrected chi connectivity index (χ3v) is 3.67. The van der Waals surface area contributed by atoms with Gasteiger partial charge in [-0.05, 0) is 12.0 Å². The van der Waals surface area contributed by atoms with Crippen LogP contribution in [0.3, 0.4) is 0 Å². The lowest BCUT2D eigenvalue weighted by molar-refractivity contribution is -0.146. The van der Waals surface area contributed by atoms with Crippen molar-refractivity contribution < 1.29 is 14.3 Å². The van der Waals surface area contributed by atoms with E-state index in [-0.39, 0.29) is 12.5 Å². The molecule has 2 aromatic rings. The number of aromatic nitrogens is 2. The Labute approximate surface area is 145 Å². The zero-order valence-corrected chi connectivity index (χ0v) is 14.4. The van der Waals surface area contributed by atoms with Crippen molar-refractivity contribution in [1.29, 1.82) is 0 Å². The van der Waals surface area contributed by atoms with Crippen molar-refractivity contribution in [3.8, 4) is 11.3 Å². The maximum atomic E-state index is 12.2. The maximum absolute atomic E-state index is 12.2. The Kier molecular flexibility index (Phi) is 6.05. The van der Waals surface area contributed by atoms with Crippen LogP contribution in [0, 0.1) is 5.92 Å². The smallest absolute Gasteiger partial charge is 0.328 e. The standard InChI is InChI=1S/C18H21N3O4/c1-12(2)17(18(24)25-3)19-15(22)11-21-16(23)10-9-14(20-21)13-7-5-4-6-8-13/h4-10,12,17H,11H2,1-3H3,(H,19,22)/t17-/m0/s1. The molecule has 0 fully saturated rings. The number of nitrogens with one attached hydrogen (secondary N) is 1. The third-order valence-electron chi connectivity index (χ3n) is 3.67. The molecular weight excluding hydrogens is 322 g/mol. The van der Waals surface area contributed by atoms with Crippen molar-refractivity contribution in [2.24, 2.45) is 5.92 Å². The Bertz CT molecular complexity index is 799. The van der Waals surface area contributed by atoms with Crippen LogP contribution in [0.1, 0.15) is 13.8 Å². The molecule has 1 amide bonds. The summed E-state index contributed by atoms with van der Waals surface area (Å²) in [5, 5.41) is 6.82. The highest BCUT2D eigenvalue weighted by atomic mass is 16.5. The van der Waals surface area contributed by atoms with Gasteiger partial charge in [0.2, 0.25) is 5.91 Å². The van der Waals surface area contributed by atoms with Gasteiger partial charge in [0.25, 0.3) is 5.56 Å². The minimum Gasteiger partial charge on any atom is -0.467 e. The van der Waals surface area contributed by atoms with Gasteiger partial charge in [-0.1, -0.05) is 44.2 Å². The molecule has 1 heterocycles. The summed E-state index contributed by atoms with van der Waals surface area (Å²) in [5.41, 5.74) is 1.03. The SMILES string of the molecule is COC(=O)[C@@H](NC(=O)Cn1nc(-c2ccccc2)ccc1=O)C(C)C. The fraction of sp³-hybridized carbons (Fsp3) is 0.333. The van der Waals surface area contributed by atoms with E-state index in [1.54, 1.807) is 19.9 Å². The van der Waals surface area contributed by atoms with E-state index < -0.39 is 23.5 Å². The number of ether oxygens (including phenoxy) is 1. The Hall–Kier alpha value is -2.96. The van der Waals surface area contributed by atoms with Gasteiger partial charge in [-0.15, -0.1) is 0 Å². The van der Waals surface area contributed by atoms with Crippen LogP contribution in [0.25, 0.3) is 11.3 Å². The number of methoxy groups -OCH3 is 1. The molecule has 2 rings (SSSR count). The van der Waals surface area contributed by atoms with Crippen LogP contribution in [0.15, 0.2) is 47.3 Å². The summed E-state index contributed by atoms with van der Waals surface area (Å²) in [4.78, 5) is 35.9. The largest absolute Gasteiger partial charge is 0.467 e. The second-order valence-corrected chi connectivity index (χ2v) is 5.89. The number of hydrogen-bond donors (Lipinski definition) is 1. The predicted molar refractivity (Wildman–Crippen MR) is 92.7 cm³/mol. The first-order chi connectivity index (χ1) is 11.9. The Balaban J connectivity index is 2.18. The fourth-order valence-electron chi connectivity index (χ4n) is 2.30. The van der Waals surface area contributed by atoms with Gasteiger partial charge < -0.3 is 10.1 Å². The van der Waals surface area contributed by atoms with E-state index >= 15 is 0 Å². The van der Waals surface area contributed by atoms with Gasteiger partial charge in [0.1, 0.15) is 12.6 Å². The Morgan fingerprint density at radius 3 is 2.44 bits per heavy atom. The average Bonchev–Trinajstić information content (AvgIpc) is 2.61. The van der Waals surface area contributed by atoms with Gasteiger partial charge >= 0.3 is 5.97 Å². The molecule has 0 aliphatic heterocycles. The minimum absolute atomic E-state index is 0.142. The quantitative estimate of drug-likeness (QED) is 0.797. The fourth-order valence-corrected chi connectivity index (χ4v) is 2.30. The predicted octanol–water partition coefficient (Wildman–Crippen LogP) is 1.22. The number of amides is 1. The number of esters is 1. The second kappa shape index (κ2) is 8.23. The van der Waals surface area contributed by atoms with E-state index in [0.29, 0.717) is 5.69 Å². The van der Waals surface area contributed by atoms with Crippen LogP contribution in [-0.4, -0.2) is 34.8 Å². The van der Waals surface area contributed by atoms with E-state index in [2.05, 4.69) is 15.2 Å². The highest BCUT2D eigenvalue weighted by Crippen LogP contribution is 2.13. The van der Waals surface area contributed by atoms with Crippen LogP contribution in [0.5, 0.6) is 0 Å². The van der Waals surface area contributed by atoms with Crippen LogP contribution in [0.4, 0.5) is 0 Å². The van der Waals surface area contributed by atoms with Crippen molar-refractivity contribution in [3.05, 3.63) is 52.8 Å². The highest BCUT2D eigenvalue weighted by Gasteiger charge is 2.25. The number of benzene rings is 1. The monoisotopic (exact) mass is 343 g/mol. The highest BCUT2D eigenvalue weighted by molar-refractivity contribution is 5.84. The Morgan fingerprint density at radius 1 is 1.16 bits per heavy atom. The zero-order valence-electron chi connectivity index (χ0n) is 14.4. The van der Waals surface area contributed by atoms with Crippen LogP contribution in [0.2, 0.25) is 0 Å². The lowest BCUT2D eigenvalue weighted by Crippen LogP contribution is -2.47. The molecule has 0 radical (unpaired) electrons. The number of carbonyl (C=O) groups excluding carboxylic acids is 2. The maximum Gasteiger partial charge on any atom is 0.328 e. The lowest BCUT2D eigenvalue weighted by atomic mass is 10.0. The number of carbonyl (C=O) groups is 2. The number of rotatable bonds is 6. The molecule has 132 valence electrons. The second-order valence-electron chi connectivity index (χ2n) is 5.89. The molecule has 7 nitrogen and oxygen atoms in total. The summed E-state index contributed by atoms with van der Waals surface area (Å²) < 4.78 is 5.76. The molecule has 0 aliphatic rings. The van der Waals surface area contributed by atoms with Crippen LogP contribution < -0.4 is 10.9 Å². The van der Waals surface area contributed by atoms with Gasteiger partial charge in [-0.3, -0.25) is 9.59 Å². The molecule has 0 saturated heterocycles. The molecule has 0 saturated carbocycles. The normalized spacial score (nSPS) is 11.8. The van der Waals surface area contributed by atoms with E-state index in [4.69, 9.17) is 0 Å². The molecule has 7 heteroatoms. The molecule has 1 N–H and O–H groups in total. The van der Waals surface area contributed by atoms with Gasteiger partial charge in [0.15, 0.2) is 0 Å². The third kappa shape index (κ3) is 4.76. The summed E-state index contributed by atoms with van der Waals surface area (Å²) in [6.45, 7) is 3.31. The van der Waals surface area contributed by atoms with Crippen LogP contribution in [-0.2, 0) is 20.9 Å². The van der Waals surface area contributed by atoms with Crippen molar-refractivity contribution in [3.63, 3.8) is 0 Å².